The molecule has 0 aromatic rings. The zero-order valence-corrected chi connectivity index (χ0v) is 12.2. The zero-order chi connectivity index (χ0) is 13.8. The first kappa shape index (κ1) is 17.0. The molecule has 0 N–H and O–H groups in total. The van der Waals surface area contributed by atoms with Crippen LogP contribution < -0.4 is 0 Å². The van der Waals surface area contributed by atoms with E-state index in [9.17, 15) is 4.79 Å². The molecule has 0 saturated heterocycles. The van der Waals surface area contributed by atoms with Crippen molar-refractivity contribution in [1.82, 2.24) is 0 Å². The molecule has 0 heterocycles. The van der Waals surface area contributed by atoms with Crippen molar-refractivity contribution in [2.45, 2.75) is 59.3 Å². The fraction of sp³-hybridized carbons (Fsp3) is 0.800. The molecular formula is C15H28O3. The van der Waals surface area contributed by atoms with Gasteiger partial charge in [0.2, 0.25) is 0 Å². The van der Waals surface area contributed by atoms with E-state index in [1.54, 1.807) is 0 Å². The summed E-state index contributed by atoms with van der Waals surface area (Å²) in [4.78, 5) is 11.6. The lowest BCUT2D eigenvalue weighted by molar-refractivity contribution is -0.144. The van der Waals surface area contributed by atoms with Crippen LogP contribution >= 0.6 is 0 Å². The SMILES string of the molecule is C=C(OCCCC)C(=O)OCC(CC)CCCC. The van der Waals surface area contributed by atoms with Gasteiger partial charge in [-0.15, -0.1) is 0 Å². The summed E-state index contributed by atoms with van der Waals surface area (Å²) >= 11 is 0. The molecule has 0 saturated carbocycles. The largest absolute Gasteiger partial charge is 0.487 e. The minimum absolute atomic E-state index is 0.133. The Hall–Kier alpha value is -0.990. The second-order valence-electron chi connectivity index (χ2n) is 4.64. The average Bonchev–Trinajstić information content (AvgIpc) is 2.38. The van der Waals surface area contributed by atoms with Gasteiger partial charge in [0.25, 0.3) is 0 Å². The van der Waals surface area contributed by atoms with Crippen LogP contribution in [0, 0.1) is 5.92 Å². The topological polar surface area (TPSA) is 35.5 Å². The summed E-state index contributed by atoms with van der Waals surface area (Å²) < 4.78 is 10.4. The van der Waals surface area contributed by atoms with Gasteiger partial charge in [-0.25, -0.2) is 4.79 Å². The van der Waals surface area contributed by atoms with Crippen molar-refractivity contribution in [2.24, 2.45) is 5.92 Å². The second kappa shape index (κ2) is 11.1. The minimum atomic E-state index is -0.416. The van der Waals surface area contributed by atoms with Crippen LogP contribution in [0.3, 0.4) is 0 Å². The fourth-order valence-corrected chi connectivity index (χ4v) is 1.57. The molecule has 3 nitrogen and oxygen atoms in total. The highest BCUT2D eigenvalue weighted by atomic mass is 16.6. The predicted octanol–water partition coefficient (Wildman–Crippen LogP) is 4.08. The molecule has 0 spiro atoms. The van der Waals surface area contributed by atoms with E-state index in [4.69, 9.17) is 9.47 Å². The van der Waals surface area contributed by atoms with Crippen LogP contribution in [0.5, 0.6) is 0 Å². The van der Waals surface area contributed by atoms with Gasteiger partial charge in [0.05, 0.1) is 13.2 Å². The Bertz CT molecular complexity index is 236. The number of rotatable bonds is 11. The molecule has 0 aliphatic rings. The van der Waals surface area contributed by atoms with Crippen molar-refractivity contribution < 1.29 is 14.3 Å². The number of carbonyl (C=O) groups excluding carboxylic acids is 1. The smallest absolute Gasteiger partial charge is 0.372 e. The normalized spacial score (nSPS) is 11.9. The van der Waals surface area contributed by atoms with E-state index in [0.717, 1.165) is 25.7 Å². The molecule has 0 aliphatic carbocycles. The lowest BCUT2D eigenvalue weighted by Gasteiger charge is -2.15. The van der Waals surface area contributed by atoms with Crippen LogP contribution in [0.15, 0.2) is 12.3 Å². The molecule has 1 atom stereocenters. The van der Waals surface area contributed by atoms with Gasteiger partial charge in [-0.05, 0) is 25.3 Å². The Labute approximate surface area is 112 Å². The lowest BCUT2D eigenvalue weighted by Crippen LogP contribution is -2.16. The Kier molecular flexibility index (Phi) is 10.5. The van der Waals surface area contributed by atoms with Crippen LogP contribution in [0.25, 0.3) is 0 Å². The molecule has 0 aromatic carbocycles. The standard InChI is InChI=1S/C15H28O3/c1-5-8-10-14(7-3)12-18-15(16)13(4)17-11-9-6-2/h14H,4-12H2,1-3H3. The van der Waals surface area contributed by atoms with E-state index in [1.807, 2.05) is 0 Å². The van der Waals surface area contributed by atoms with E-state index >= 15 is 0 Å². The van der Waals surface area contributed by atoms with Gasteiger partial charge in [0.15, 0.2) is 5.76 Å². The lowest BCUT2D eigenvalue weighted by atomic mass is 10.0. The van der Waals surface area contributed by atoms with Crippen LogP contribution in [0.1, 0.15) is 59.3 Å². The van der Waals surface area contributed by atoms with Gasteiger partial charge in [-0.2, -0.15) is 0 Å². The highest BCUT2D eigenvalue weighted by Crippen LogP contribution is 2.13. The first-order valence-electron chi connectivity index (χ1n) is 7.14. The third-order valence-electron chi connectivity index (χ3n) is 3.00. The van der Waals surface area contributed by atoms with E-state index < -0.39 is 5.97 Å². The molecule has 0 radical (unpaired) electrons. The highest BCUT2D eigenvalue weighted by Gasteiger charge is 2.13. The van der Waals surface area contributed by atoms with Gasteiger partial charge < -0.3 is 9.47 Å². The Morgan fingerprint density at radius 3 is 2.33 bits per heavy atom. The van der Waals surface area contributed by atoms with Gasteiger partial charge in [0.1, 0.15) is 0 Å². The molecule has 0 amide bonds. The van der Waals surface area contributed by atoms with Crippen LogP contribution in [-0.4, -0.2) is 19.2 Å². The summed E-state index contributed by atoms with van der Waals surface area (Å²) in [6.45, 7) is 11.0. The zero-order valence-electron chi connectivity index (χ0n) is 12.2. The summed E-state index contributed by atoms with van der Waals surface area (Å²) in [5.74, 6) is 0.173. The van der Waals surface area contributed by atoms with E-state index in [2.05, 4.69) is 27.4 Å². The Balaban J connectivity index is 3.81. The maximum atomic E-state index is 11.6. The molecule has 1 unspecified atom stereocenters. The van der Waals surface area contributed by atoms with Crippen LogP contribution in [-0.2, 0) is 14.3 Å². The first-order chi connectivity index (χ1) is 8.65. The molecule has 106 valence electrons. The van der Waals surface area contributed by atoms with Crippen molar-refractivity contribution in [2.75, 3.05) is 13.2 Å². The number of carbonyl (C=O) groups is 1. The number of esters is 1. The van der Waals surface area contributed by atoms with E-state index in [1.165, 1.54) is 12.8 Å². The monoisotopic (exact) mass is 256 g/mol. The quantitative estimate of drug-likeness (QED) is 0.242. The summed E-state index contributed by atoms with van der Waals surface area (Å²) in [5.41, 5.74) is 0. The van der Waals surface area contributed by atoms with Crippen molar-refractivity contribution in [3.05, 3.63) is 12.3 Å². The molecule has 0 fully saturated rings. The molecule has 0 rings (SSSR count). The third-order valence-corrected chi connectivity index (χ3v) is 3.00. The number of hydrogen-bond acceptors (Lipinski definition) is 3. The van der Waals surface area contributed by atoms with Gasteiger partial charge >= 0.3 is 5.97 Å². The average molecular weight is 256 g/mol. The maximum absolute atomic E-state index is 11.6. The van der Waals surface area contributed by atoms with E-state index in [0.29, 0.717) is 19.1 Å². The number of hydrogen-bond donors (Lipinski definition) is 0. The minimum Gasteiger partial charge on any atom is -0.487 e. The van der Waals surface area contributed by atoms with Gasteiger partial charge in [0, 0.05) is 0 Å². The maximum Gasteiger partial charge on any atom is 0.372 e. The van der Waals surface area contributed by atoms with Crippen molar-refractivity contribution in [3.8, 4) is 0 Å². The molecule has 0 aromatic heterocycles. The molecule has 18 heavy (non-hydrogen) atoms. The molecule has 3 heteroatoms. The summed E-state index contributed by atoms with van der Waals surface area (Å²) in [5, 5.41) is 0. The van der Waals surface area contributed by atoms with Crippen LogP contribution in [0.2, 0.25) is 0 Å². The van der Waals surface area contributed by atoms with E-state index in [-0.39, 0.29) is 5.76 Å². The molecule has 0 aliphatic heterocycles. The van der Waals surface area contributed by atoms with Crippen LogP contribution in [0.4, 0.5) is 0 Å². The summed E-state index contributed by atoms with van der Waals surface area (Å²) in [7, 11) is 0. The predicted molar refractivity (Wildman–Crippen MR) is 74.3 cm³/mol. The number of unbranched alkanes of at least 4 members (excludes halogenated alkanes) is 2. The third kappa shape index (κ3) is 8.15. The van der Waals surface area contributed by atoms with Crippen molar-refractivity contribution >= 4 is 5.97 Å². The second-order valence-corrected chi connectivity index (χ2v) is 4.64. The Morgan fingerprint density at radius 2 is 1.78 bits per heavy atom. The fourth-order valence-electron chi connectivity index (χ4n) is 1.57. The summed E-state index contributed by atoms with van der Waals surface area (Å²) in [6.07, 6.45) is 6.48. The Morgan fingerprint density at radius 1 is 1.11 bits per heavy atom. The van der Waals surface area contributed by atoms with Crippen molar-refractivity contribution in [1.29, 1.82) is 0 Å². The van der Waals surface area contributed by atoms with Gasteiger partial charge in [-0.3, -0.25) is 0 Å². The highest BCUT2D eigenvalue weighted by molar-refractivity contribution is 5.85. The molecular weight excluding hydrogens is 228 g/mol. The summed E-state index contributed by atoms with van der Waals surface area (Å²) in [6, 6.07) is 0. The van der Waals surface area contributed by atoms with Crippen molar-refractivity contribution in [3.63, 3.8) is 0 Å². The molecule has 0 bridgehead atoms. The van der Waals surface area contributed by atoms with Gasteiger partial charge in [-0.1, -0.05) is 46.5 Å². The first-order valence-corrected chi connectivity index (χ1v) is 7.14. The number of ether oxygens (including phenoxy) is 2.